The number of halogens is 3. The van der Waals surface area contributed by atoms with E-state index in [4.69, 9.17) is 5.11 Å². The molecule has 0 atom stereocenters. The van der Waals surface area contributed by atoms with E-state index in [2.05, 4.69) is 4.74 Å². The number of hydrogen-bond donors (Lipinski definition) is 1. The van der Waals surface area contributed by atoms with E-state index < -0.39 is 12.8 Å². The zero-order valence-electron chi connectivity index (χ0n) is 10.7. The molecule has 0 aromatic heterocycles. The smallest absolute Gasteiger partial charge is 0.396 e. The van der Waals surface area contributed by atoms with Gasteiger partial charge in [-0.1, -0.05) is 0 Å². The van der Waals surface area contributed by atoms with Crippen LogP contribution in [0.15, 0.2) is 0 Å². The Morgan fingerprint density at radius 1 is 1.39 bits per heavy atom. The van der Waals surface area contributed by atoms with E-state index in [9.17, 15) is 18.0 Å². The third-order valence-electron chi connectivity index (χ3n) is 2.23. The topological polar surface area (TPSA) is 49.8 Å². The van der Waals surface area contributed by atoms with Crippen LogP contribution in [-0.4, -0.2) is 54.5 Å². The molecular weight excluding hydrogens is 251 g/mol. The zero-order valence-corrected chi connectivity index (χ0v) is 10.7. The Morgan fingerprint density at radius 3 is 2.44 bits per heavy atom. The first-order valence-corrected chi connectivity index (χ1v) is 5.82. The highest BCUT2D eigenvalue weighted by Gasteiger charge is 2.27. The van der Waals surface area contributed by atoms with Gasteiger partial charge in [-0.05, 0) is 20.3 Å². The number of nitrogens with zero attached hydrogens (tertiary/aromatic N) is 1. The van der Waals surface area contributed by atoms with E-state index in [0.717, 1.165) is 0 Å². The Balaban J connectivity index is 3.96. The minimum absolute atomic E-state index is 0.0267. The highest BCUT2D eigenvalue weighted by Crippen LogP contribution is 2.14. The molecule has 0 aliphatic rings. The van der Waals surface area contributed by atoms with Crippen molar-refractivity contribution in [2.24, 2.45) is 0 Å². The molecule has 0 aliphatic heterocycles. The SMILES string of the molecule is CC(C)N(CCCO)C(=O)CCOCC(F)(F)F. The van der Waals surface area contributed by atoms with E-state index in [1.807, 2.05) is 13.8 Å². The second-order valence-corrected chi connectivity index (χ2v) is 4.18. The van der Waals surface area contributed by atoms with E-state index in [-0.39, 0.29) is 31.6 Å². The maximum atomic E-state index is 11.8. The maximum Gasteiger partial charge on any atom is 0.411 e. The lowest BCUT2D eigenvalue weighted by Gasteiger charge is -2.26. The first kappa shape index (κ1) is 17.2. The molecule has 0 spiro atoms. The molecule has 0 aromatic carbocycles. The third kappa shape index (κ3) is 8.30. The van der Waals surface area contributed by atoms with Crippen LogP contribution < -0.4 is 0 Å². The molecule has 0 aromatic rings. The van der Waals surface area contributed by atoms with Crippen molar-refractivity contribution in [3.8, 4) is 0 Å². The molecule has 0 bridgehead atoms. The number of ether oxygens (including phenoxy) is 1. The second-order valence-electron chi connectivity index (χ2n) is 4.18. The normalized spacial score (nSPS) is 11.9. The molecule has 0 saturated carbocycles. The predicted octanol–water partition coefficient (Wildman–Crippen LogP) is 1.57. The van der Waals surface area contributed by atoms with Gasteiger partial charge in [0.1, 0.15) is 6.61 Å². The fraction of sp³-hybridized carbons (Fsp3) is 0.909. The molecule has 0 aliphatic carbocycles. The lowest BCUT2D eigenvalue weighted by Crippen LogP contribution is -2.38. The van der Waals surface area contributed by atoms with Crippen molar-refractivity contribution in [3.05, 3.63) is 0 Å². The summed E-state index contributed by atoms with van der Waals surface area (Å²) in [5.41, 5.74) is 0. The average molecular weight is 271 g/mol. The Labute approximate surface area is 105 Å². The van der Waals surface area contributed by atoms with Gasteiger partial charge in [-0.2, -0.15) is 13.2 Å². The van der Waals surface area contributed by atoms with Crippen LogP contribution in [0.4, 0.5) is 13.2 Å². The Kier molecular flexibility index (Phi) is 7.93. The molecule has 0 radical (unpaired) electrons. The standard InChI is InChI=1S/C11H20F3NO3/c1-9(2)15(5-3-6-16)10(17)4-7-18-8-11(12,13)14/h9,16H,3-8H2,1-2H3. The summed E-state index contributed by atoms with van der Waals surface area (Å²) in [7, 11) is 0. The van der Waals surface area contributed by atoms with Crippen molar-refractivity contribution in [2.75, 3.05) is 26.4 Å². The second kappa shape index (κ2) is 8.31. The van der Waals surface area contributed by atoms with Crippen molar-refractivity contribution in [1.82, 2.24) is 4.90 Å². The summed E-state index contributed by atoms with van der Waals surface area (Å²) in [5.74, 6) is -0.263. The quantitative estimate of drug-likeness (QED) is 0.682. The van der Waals surface area contributed by atoms with Crippen LogP contribution in [0.2, 0.25) is 0 Å². The fourth-order valence-electron chi connectivity index (χ4n) is 1.40. The summed E-state index contributed by atoms with van der Waals surface area (Å²) in [6.07, 6.45) is -4.00. The van der Waals surface area contributed by atoms with Crippen LogP contribution in [0.25, 0.3) is 0 Å². The van der Waals surface area contributed by atoms with Crippen molar-refractivity contribution in [3.63, 3.8) is 0 Å². The molecule has 0 unspecified atom stereocenters. The monoisotopic (exact) mass is 271 g/mol. The lowest BCUT2D eigenvalue weighted by molar-refractivity contribution is -0.175. The van der Waals surface area contributed by atoms with Gasteiger partial charge in [0, 0.05) is 19.2 Å². The molecule has 0 fully saturated rings. The van der Waals surface area contributed by atoms with Crippen LogP contribution in [-0.2, 0) is 9.53 Å². The molecule has 4 nitrogen and oxygen atoms in total. The van der Waals surface area contributed by atoms with Crippen molar-refractivity contribution in [1.29, 1.82) is 0 Å². The number of carbonyl (C=O) groups is 1. The van der Waals surface area contributed by atoms with Crippen LogP contribution in [0.3, 0.4) is 0 Å². The van der Waals surface area contributed by atoms with Gasteiger partial charge in [0.05, 0.1) is 13.0 Å². The predicted molar refractivity (Wildman–Crippen MR) is 60.0 cm³/mol. The minimum Gasteiger partial charge on any atom is -0.396 e. The summed E-state index contributed by atoms with van der Waals surface area (Å²) < 4.78 is 39.7. The van der Waals surface area contributed by atoms with Crippen LogP contribution in [0.1, 0.15) is 26.7 Å². The van der Waals surface area contributed by atoms with Crippen molar-refractivity contribution >= 4 is 5.91 Å². The molecule has 18 heavy (non-hydrogen) atoms. The van der Waals surface area contributed by atoms with Crippen LogP contribution >= 0.6 is 0 Å². The molecule has 1 N–H and O–H groups in total. The molecule has 0 rings (SSSR count). The number of aliphatic hydroxyl groups excluding tert-OH is 1. The van der Waals surface area contributed by atoms with Gasteiger partial charge in [-0.25, -0.2) is 0 Å². The van der Waals surface area contributed by atoms with Gasteiger partial charge < -0.3 is 14.7 Å². The molecule has 0 heterocycles. The van der Waals surface area contributed by atoms with Gasteiger partial charge in [0.15, 0.2) is 0 Å². The fourth-order valence-corrected chi connectivity index (χ4v) is 1.40. The molecule has 108 valence electrons. The third-order valence-corrected chi connectivity index (χ3v) is 2.23. The van der Waals surface area contributed by atoms with E-state index in [1.165, 1.54) is 4.90 Å². The summed E-state index contributed by atoms with van der Waals surface area (Å²) in [6, 6.07) is -0.0494. The van der Waals surface area contributed by atoms with Crippen LogP contribution in [0.5, 0.6) is 0 Å². The zero-order chi connectivity index (χ0) is 14.2. The molecular formula is C11H20F3NO3. The summed E-state index contributed by atoms with van der Waals surface area (Å²) in [4.78, 5) is 13.2. The summed E-state index contributed by atoms with van der Waals surface area (Å²) in [6.45, 7) is 2.41. The van der Waals surface area contributed by atoms with Gasteiger partial charge in [-0.15, -0.1) is 0 Å². The first-order valence-electron chi connectivity index (χ1n) is 5.82. The average Bonchev–Trinajstić information content (AvgIpc) is 2.23. The molecule has 1 amide bonds. The number of hydrogen-bond acceptors (Lipinski definition) is 3. The van der Waals surface area contributed by atoms with Gasteiger partial charge in [-0.3, -0.25) is 4.79 Å². The van der Waals surface area contributed by atoms with Gasteiger partial charge >= 0.3 is 6.18 Å². The van der Waals surface area contributed by atoms with E-state index >= 15 is 0 Å². The Bertz CT molecular complexity index is 244. The Morgan fingerprint density at radius 2 is 2.00 bits per heavy atom. The van der Waals surface area contributed by atoms with E-state index in [1.54, 1.807) is 0 Å². The van der Waals surface area contributed by atoms with E-state index in [0.29, 0.717) is 13.0 Å². The summed E-state index contributed by atoms with van der Waals surface area (Å²) in [5, 5.41) is 8.69. The first-order chi connectivity index (χ1) is 8.28. The number of carbonyl (C=O) groups excluding carboxylic acids is 1. The molecule has 0 saturated heterocycles. The number of amides is 1. The summed E-state index contributed by atoms with van der Waals surface area (Å²) >= 11 is 0. The Hall–Kier alpha value is -0.820. The largest absolute Gasteiger partial charge is 0.411 e. The number of rotatable bonds is 8. The minimum atomic E-state index is -4.36. The molecule has 7 heteroatoms. The van der Waals surface area contributed by atoms with Gasteiger partial charge in [0.25, 0.3) is 0 Å². The number of alkyl halides is 3. The van der Waals surface area contributed by atoms with Gasteiger partial charge in [0.2, 0.25) is 5.91 Å². The highest BCUT2D eigenvalue weighted by molar-refractivity contribution is 5.76. The lowest BCUT2D eigenvalue weighted by atomic mass is 10.2. The number of aliphatic hydroxyl groups is 1. The van der Waals surface area contributed by atoms with Crippen molar-refractivity contribution in [2.45, 2.75) is 38.9 Å². The van der Waals surface area contributed by atoms with Crippen molar-refractivity contribution < 1.29 is 27.8 Å². The highest BCUT2D eigenvalue weighted by atomic mass is 19.4. The van der Waals surface area contributed by atoms with Crippen LogP contribution in [0, 0.1) is 0 Å². The maximum absolute atomic E-state index is 11.8.